The molecule has 1 N–H and O–H groups in total. The molecule has 1 aliphatic heterocycles. The quantitative estimate of drug-likeness (QED) is 0.518. The standard InChI is InChI=1S/C21H25F3N2O5S.ClH/c1-29-19-12-15-8-11-26(14-16(15)13-20(19)30-2)10-3-9-25-32(27,28)18-6-4-17(5-7-18)31-21(22,23)24;/h4-7,12-13,25H,3,8-11,14H2,1-2H3;1H. The normalized spacial score (nSPS) is 14.2. The molecule has 12 heteroatoms. The Morgan fingerprint density at radius 1 is 1.03 bits per heavy atom. The highest BCUT2D eigenvalue weighted by Gasteiger charge is 2.31. The molecular formula is C21H26ClF3N2O5S. The van der Waals surface area contributed by atoms with Gasteiger partial charge in [-0.05, 0) is 66.9 Å². The van der Waals surface area contributed by atoms with Gasteiger partial charge in [-0.1, -0.05) is 0 Å². The number of nitrogens with zero attached hydrogens (tertiary/aromatic N) is 1. The SMILES string of the molecule is COc1cc2c(cc1OC)CN(CCCNS(=O)(=O)c1ccc(OC(F)(F)F)cc1)CC2.Cl. The minimum atomic E-state index is -4.83. The second-order valence-electron chi connectivity index (χ2n) is 7.27. The van der Waals surface area contributed by atoms with Crippen molar-refractivity contribution in [3.63, 3.8) is 0 Å². The summed E-state index contributed by atoms with van der Waals surface area (Å²) in [5, 5.41) is 0. The molecule has 184 valence electrons. The van der Waals surface area contributed by atoms with Crippen molar-refractivity contribution in [1.82, 2.24) is 9.62 Å². The van der Waals surface area contributed by atoms with Crippen molar-refractivity contribution in [2.75, 3.05) is 33.9 Å². The van der Waals surface area contributed by atoms with Gasteiger partial charge in [-0.3, -0.25) is 4.90 Å². The lowest BCUT2D eigenvalue weighted by atomic mass is 9.98. The van der Waals surface area contributed by atoms with E-state index < -0.39 is 22.1 Å². The van der Waals surface area contributed by atoms with Gasteiger partial charge < -0.3 is 14.2 Å². The molecule has 0 bridgehead atoms. The highest BCUT2D eigenvalue weighted by molar-refractivity contribution is 7.89. The largest absolute Gasteiger partial charge is 0.573 e. The Morgan fingerprint density at radius 2 is 1.64 bits per heavy atom. The number of fused-ring (bicyclic) bond motifs is 1. The number of sulfonamides is 1. The summed E-state index contributed by atoms with van der Waals surface area (Å²) in [6, 6.07) is 8.05. The van der Waals surface area contributed by atoms with Crippen LogP contribution in [-0.2, 0) is 23.0 Å². The zero-order valence-corrected chi connectivity index (χ0v) is 19.8. The maximum absolute atomic E-state index is 12.4. The third kappa shape index (κ3) is 7.39. The monoisotopic (exact) mass is 510 g/mol. The van der Waals surface area contributed by atoms with Crippen molar-refractivity contribution < 1.29 is 35.8 Å². The summed E-state index contributed by atoms with van der Waals surface area (Å²) in [5.41, 5.74) is 2.35. The highest BCUT2D eigenvalue weighted by atomic mass is 35.5. The molecule has 3 rings (SSSR count). The Kier molecular flexibility index (Phi) is 9.24. The first kappa shape index (κ1) is 27.0. The molecule has 0 spiro atoms. The molecule has 0 radical (unpaired) electrons. The number of nitrogens with one attached hydrogen (secondary N) is 1. The van der Waals surface area contributed by atoms with Crippen LogP contribution in [0.2, 0.25) is 0 Å². The van der Waals surface area contributed by atoms with Crippen molar-refractivity contribution in [1.29, 1.82) is 0 Å². The van der Waals surface area contributed by atoms with Crippen LogP contribution in [0.5, 0.6) is 17.2 Å². The van der Waals surface area contributed by atoms with Gasteiger partial charge in [0.25, 0.3) is 0 Å². The van der Waals surface area contributed by atoms with E-state index in [1.807, 2.05) is 12.1 Å². The lowest BCUT2D eigenvalue weighted by molar-refractivity contribution is -0.274. The summed E-state index contributed by atoms with van der Waals surface area (Å²) in [7, 11) is -0.631. The molecule has 1 aliphatic rings. The molecule has 2 aromatic rings. The number of methoxy groups -OCH3 is 2. The first-order valence-electron chi connectivity index (χ1n) is 9.93. The van der Waals surface area contributed by atoms with E-state index in [0.29, 0.717) is 24.5 Å². The first-order chi connectivity index (χ1) is 15.1. The zero-order valence-electron chi connectivity index (χ0n) is 18.1. The minimum absolute atomic E-state index is 0. The van der Waals surface area contributed by atoms with Crippen LogP contribution in [0.15, 0.2) is 41.3 Å². The van der Waals surface area contributed by atoms with Crippen LogP contribution in [0.4, 0.5) is 13.2 Å². The fraction of sp³-hybridized carbons (Fsp3) is 0.429. The van der Waals surface area contributed by atoms with Crippen molar-refractivity contribution in [3.8, 4) is 17.2 Å². The van der Waals surface area contributed by atoms with Crippen molar-refractivity contribution >= 4 is 22.4 Å². The third-order valence-corrected chi connectivity index (χ3v) is 6.58. The summed E-state index contributed by atoms with van der Waals surface area (Å²) < 4.78 is 78.3. The summed E-state index contributed by atoms with van der Waals surface area (Å²) in [6.07, 6.45) is -3.39. The van der Waals surface area contributed by atoms with Gasteiger partial charge in [0.05, 0.1) is 19.1 Å². The molecule has 0 saturated carbocycles. The van der Waals surface area contributed by atoms with E-state index in [0.717, 1.165) is 49.3 Å². The molecule has 0 amide bonds. The van der Waals surface area contributed by atoms with E-state index in [1.165, 1.54) is 5.56 Å². The average Bonchev–Trinajstić information content (AvgIpc) is 2.75. The van der Waals surface area contributed by atoms with Gasteiger partial charge in [0, 0.05) is 19.6 Å². The number of hydrogen-bond donors (Lipinski definition) is 1. The second kappa shape index (κ2) is 11.3. The lowest BCUT2D eigenvalue weighted by Crippen LogP contribution is -2.33. The maximum atomic E-state index is 12.4. The topological polar surface area (TPSA) is 77.1 Å². The number of ether oxygens (including phenoxy) is 3. The van der Waals surface area contributed by atoms with E-state index >= 15 is 0 Å². The van der Waals surface area contributed by atoms with Crippen molar-refractivity contribution in [2.24, 2.45) is 0 Å². The third-order valence-electron chi connectivity index (χ3n) is 5.11. The first-order valence-corrected chi connectivity index (χ1v) is 11.4. The number of alkyl halides is 3. The Bertz CT molecular complexity index is 1030. The number of hydrogen-bond acceptors (Lipinski definition) is 6. The fourth-order valence-corrected chi connectivity index (χ4v) is 4.62. The Labute approximate surface area is 197 Å². The van der Waals surface area contributed by atoms with Crippen molar-refractivity contribution in [3.05, 3.63) is 47.5 Å². The average molecular weight is 511 g/mol. The summed E-state index contributed by atoms with van der Waals surface area (Å²) in [5.74, 6) is 0.899. The molecule has 33 heavy (non-hydrogen) atoms. The molecule has 0 aliphatic carbocycles. The molecule has 0 aromatic heterocycles. The smallest absolute Gasteiger partial charge is 0.493 e. The van der Waals surface area contributed by atoms with Crippen LogP contribution in [-0.4, -0.2) is 53.5 Å². The number of rotatable bonds is 9. The van der Waals surface area contributed by atoms with Gasteiger partial charge in [0.1, 0.15) is 5.75 Å². The predicted octanol–water partition coefficient (Wildman–Crippen LogP) is 3.75. The second-order valence-corrected chi connectivity index (χ2v) is 9.04. The van der Waals surface area contributed by atoms with E-state index in [1.54, 1.807) is 14.2 Å². The van der Waals surface area contributed by atoms with Gasteiger partial charge in [-0.15, -0.1) is 25.6 Å². The van der Waals surface area contributed by atoms with Crippen LogP contribution in [0.25, 0.3) is 0 Å². The molecule has 0 fully saturated rings. The molecule has 1 heterocycles. The van der Waals surface area contributed by atoms with E-state index in [-0.39, 0.29) is 23.8 Å². The molecular weight excluding hydrogens is 485 g/mol. The Morgan fingerprint density at radius 3 is 2.21 bits per heavy atom. The predicted molar refractivity (Wildman–Crippen MR) is 119 cm³/mol. The molecule has 0 unspecified atom stereocenters. The zero-order chi connectivity index (χ0) is 23.4. The molecule has 2 aromatic carbocycles. The van der Waals surface area contributed by atoms with Crippen LogP contribution in [0, 0.1) is 0 Å². The number of halogens is 4. The van der Waals surface area contributed by atoms with E-state index in [9.17, 15) is 21.6 Å². The molecule has 7 nitrogen and oxygen atoms in total. The van der Waals surface area contributed by atoms with Crippen LogP contribution in [0.1, 0.15) is 17.5 Å². The van der Waals surface area contributed by atoms with Gasteiger partial charge in [-0.25, -0.2) is 13.1 Å². The highest BCUT2D eigenvalue weighted by Crippen LogP contribution is 2.33. The van der Waals surface area contributed by atoms with E-state index in [2.05, 4.69) is 14.4 Å². The van der Waals surface area contributed by atoms with Gasteiger partial charge in [0.15, 0.2) is 11.5 Å². The van der Waals surface area contributed by atoms with Gasteiger partial charge >= 0.3 is 6.36 Å². The summed E-state index contributed by atoms with van der Waals surface area (Å²) >= 11 is 0. The number of benzene rings is 2. The van der Waals surface area contributed by atoms with E-state index in [4.69, 9.17) is 9.47 Å². The molecule has 0 atom stereocenters. The maximum Gasteiger partial charge on any atom is 0.573 e. The van der Waals surface area contributed by atoms with Gasteiger partial charge in [0.2, 0.25) is 10.0 Å². The summed E-state index contributed by atoms with van der Waals surface area (Å²) in [6.45, 7) is 2.46. The fourth-order valence-electron chi connectivity index (χ4n) is 3.55. The van der Waals surface area contributed by atoms with Crippen LogP contribution < -0.4 is 18.9 Å². The van der Waals surface area contributed by atoms with Crippen LogP contribution >= 0.6 is 12.4 Å². The van der Waals surface area contributed by atoms with Crippen molar-refractivity contribution in [2.45, 2.75) is 30.6 Å². The lowest BCUT2D eigenvalue weighted by Gasteiger charge is -2.29. The minimum Gasteiger partial charge on any atom is -0.493 e. The van der Waals surface area contributed by atoms with Gasteiger partial charge in [-0.2, -0.15) is 0 Å². The Balaban J connectivity index is 0.00000385. The van der Waals surface area contributed by atoms with Crippen LogP contribution in [0.3, 0.4) is 0 Å². The summed E-state index contributed by atoms with van der Waals surface area (Å²) in [4.78, 5) is 2.10. The Hall–Kier alpha value is -2.21. The molecule has 0 saturated heterocycles.